The van der Waals surface area contributed by atoms with Crippen LogP contribution in [0.15, 0.2) is 53.9 Å². The summed E-state index contributed by atoms with van der Waals surface area (Å²) in [7, 11) is -4.01. The molecule has 1 fully saturated rings. The molecule has 1 unspecified atom stereocenters. The molecule has 2 aromatic carbocycles. The fourth-order valence-electron chi connectivity index (χ4n) is 4.71. The molecule has 0 aromatic heterocycles. The molecule has 29 heavy (non-hydrogen) atoms. The quantitative estimate of drug-likeness (QED) is 0.667. The van der Waals surface area contributed by atoms with E-state index in [0.29, 0.717) is 30.0 Å². The van der Waals surface area contributed by atoms with Gasteiger partial charge in [0, 0.05) is 10.4 Å². The number of rotatable bonds is 4. The second-order valence-corrected chi connectivity index (χ2v) is 10.1. The van der Waals surface area contributed by atoms with Crippen molar-refractivity contribution in [2.24, 2.45) is 0 Å². The molecule has 1 N–H and O–H groups in total. The Labute approximate surface area is 180 Å². The van der Waals surface area contributed by atoms with Crippen LogP contribution in [0.2, 0.25) is 10.0 Å². The zero-order valence-electron chi connectivity index (χ0n) is 15.7. The van der Waals surface area contributed by atoms with Gasteiger partial charge < -0.3 is 5.32 Å². The van der Waals surface area contributed by atoms with Crippen molar-refractivity contribution in [1.29, 1.82) is 0 Å². The Morgan fingerprint density at radius 3 is 2.59 bits per heavy atom. The van der Waals surface area contributed by atoms with Crippen molar-refractivity contribution >= 4 is 38.9 Å². The number of hydrogen-bond acceptors (Lipinski definition) is 3. The van der Waals surface area contributed by atoms with Crippen LogP contribution in [0.4, 0.5) is 10.1 Å². The lowest BCUT2D eigenvalue weighted by atomic mass is 9.69. The maximum Gasteiger partial charge on any atom is 0.266 e. The summed E-state index contributed by atoms with van der Waals surface area (Å²) in [6, 6.07) is 8.27. The van der Waals surface area contributed by atoms with E-state index in [2.05, 4.69) is 11.9 Å². The molecule has 0 amide bonds. The van der Waals surface area contributed by atoms with Crippen molar-refractivity contribution in [3.63, 3.8) is 0 Å². The van der Waals surface area contributed by atoms with E-state index in [4.69, 9.17) is 23.2 Å². The van der Waals surface area contributed by atoms with Crippen LogP contribution < -0.4 is 9.62 Å². The molecular weight excluding hydrogens is 434 g/mol. The SMILES string of the molecule is C=CCC1N(S(=O)(=O)c2ccc(Cl)cc2Cl)c2ccc(F)cc2C12CCNCC2. The maximum absolute atomic E-state index is 14.2. The monoisotopic (exact) mass is 454 g/mol. The van der Waals surface area contributed by atoms with Crippen LogP contribution in [0.1, 0.15) is 24.8 Å². The number of nitrogens with zero attached hydrogens (tertiary/aromatic N) is 1. The highest BCUT2D eigenvalue weighted by Gasteiger charge is 2.54. The van der Waals surface area contributed by atoms with E-state index in [1.165, 1.54) is 34.6 Å². The van der Waals surface area contributed by atoms with Crippen molar-refractivity contribution in [3.05, 3.63) is 70.5 Å². The minimum absolute atomic E-state index is 0.0149. The van der Waals surface area contributed by atoms with Gasteiger partial charge in [0.15, 0.2) is 0 Å². The van der Waals surface area contributed by atoms with Crippen molar-refractivity contribution in [1.82, 2.24) is 5.32 Å². The average Bonchev–Trinajstić information content (AvgIpc) is 2.92. The highest BCUT2D eigenvalue weighted by molar-refractivity contribution is 7.93. The molecular formula is C21H21Cl2FN2O2S. The average molecular weight is 455 g/mol. The number of piperidine rings is 1. The summed E-state index contributed by atoms with van der Waals surface area (Å²) in [6.45, 7) is 5.32. The van der Waals surface area contributed by atoms with Gasteiger partial charge in [-0.1, -0.05) is 29.3 Å². The van der Waals surface area contributed by atoms with Gasteiger partial charge in [-0.15, -0.1) is 6.58 Å². The first-order valence-corrected chi connectivity index (χ1v) is 11.6. The molecule has 1 saturated heterocycles. The zero-order valence-corrected chi connectivity index (χ0v) is 18.0. The predicted octanol–water partition coefficient (Wildman–Crippen LogP) is 4.91. The van der Waals surface area contributed by atoms with Gasteiger partial charge in [0.05, 0.1) is 16.8 Å². The summed E-state index contributed by atoms with van der Waals surface area (Å²) in [5, 5.41) is 3.74. The van der Waals surface area contributed by atoms with Crippen LogP contribution in [-0.2, 0) is 15.4 Å². The summed E-state index contributed by atoms with van der Waals surface area (Å²) in [6.07, 6.45) is 3.59. The molecule has 2 aromatic rings. The van der Waals surface area contributed by atoms with Crippen molar-refractivity contribution in [3.8, 4) is 0 Å². The Kier molecular flexibility index (Phi) is 5.40. The highest BCUT2D eigenvalue weighted by atomic mass is 35.5. The Morgan fingerprint density at radius 2 is 1.93 bits per heavy atom. The second-order valence-electron chi connectivity index (χ2n) is 7.48. The molecule has 154 valence electrons. The van der Waals surface area contributed by atoms with Gasteiger partial charge in [-0.05, 0) is 74.3 Å². The standard InChI is InChI=1S/C21H21Cl2FN2O2S/c1-2-3-20-21(8-10-25-11-9-21)16-13-15(24)5-6-18(16)26(20)29(27,28)19-7-4-14(22)12-17(19)23/h2,4-7,12-13,20,25H,1,3,8-11H2. The predicted molar refractivity (Wildman–Crippen MR) is 115 cm³/mol. The Balaban J connectivity index is 1.95. The molecule has 2 aliphatic heterocycles. The third kappa shape index (κ3) is 3.26. The Bertz CT molecular complexity index is 1070. The van der Waals surface area contributed by atoms with E-state index >= 15 is 0 Å². The van der Waals surface area contributed by atoms with Gasteiger partial charge in [0.2, 0.25) is 0 Å². The summed E-state index contributed by atoms with van der Waals surface area (Å²) in [5.41, 5.74) is 0.758. The molecule has 4 nitrogen and oxygen atoms in total. The second kappa shape index (κ2) is 7.58. The number of hydrogen-bond donors (Lipinski definition) is 1. The van der Waals surface area contributed by atoms with Gasteiger partial charge in [0.1, 0.15) is 10.7 Å². The Morgan fingerprint density at radius 1 is 1.21 bits per heavy atom. The van der Waals surface area contributed by atoms with Gasteiger partial charge in [-0.3, -0.25) is 4.31 Å². The molecule has 1 atom stereocenters. The lowest BCUT2D eigenvalue weighted by molar-refractivity contribution is 0.273. The van der Waals surface area contributed by atoms with Gasteiger partial charge >= 0.3 is 0 Å². The molecule has 2 aliphatic rings. The van der Waals surface area contributed by atoms with Gasteiger partial charge in [-0.25, -0.2) is 12.8 Å². The summed E-state index contributed by atoms with van der Waals surface area (Å²) in [5.74, 6) is -0.372. The minimum Gasteiger partial charge on any atom is -0.317 e. The zero-order chi connectivity index (χ0) is 20.8. The van der Waals surface area contributed by atoms with Crippen LogP contribution in [0.3, 0.4) is 0 Å². The normalized spacial score (nSPS) is 20.7. The van der Waals surface area contributed by atoms with Crippen LogP contribution in [0.25, 0.3) is 0 Å². The van der Waals surface area contributed by atoms with E-state index in [1.54, 1.807) is 12.1 Å². The molecule has 8 heteroatoms. The van der Waals surface area contributed by atoms with Gasteiger partial charge in [-0.2, -0.15) is 0 Å². The number of anilines is 1. The smallest absolute Gasteiger partial charge is 0.266 e. The summed E-state index contributed by atoms with van der Waals surface area (Å²) < 4.78 is 43.2. The number of fused-ring (bicyclic) bond motifs is 2. The van der Waals surface area contributed by atoms with E-state index < -0.39 is 21.5 Å². The van der Waals surface area contributed by atoms with Crippen molar-refractivity contribution < 1.29 is 12.8 Å². The largest absolute Gasteiger partial charge is 0.317 e. The molecule has 2 heterocycles. The van der Waals surface area contributed by atoms with E-state index in [0.717, 1.165) is 18.7 Å². The fraction of sp³-hybridized carbons (Fsp3) is 0.333. The molecule has 0 radical (unpaired) electrons. The molecule has 0 saturated carbocycles. The number of sulfonamides is 1. The first kappa shape index (κ1) is 20.7. The van der Waals surface area contributed by atoms with Crippen molar-refractivity contribution in [2.75, 3.05) is 17.4 Å². The van der Waals surface area contributed by atoms with Gasteiger partial charge in [0.25, 0.3) is 10.0 Å². The highest BCUT2D eigenvalue weighted by Crippen LogP contribution is 2.53. The van der Waals surface area contributed by atoms with Crippen LogP contribution >= 0.6 is 23.2 Å². The maximum atomic E-state index is 14.2. The summed E-state index contributed by atoms with van der Waals surface area (Å²) in [4.78, 5) is -0.0149. The lowest BCUT2D eigenvalue weighted by Gasteiger charge is -2.41. The number of benzene rings is 2. The molecule has 0 bridgehead atoms. The minimum atomic E-state index is -4.01. The molecule has 1 spiro atoms. The van der Waals surface area contributed by atoms with Crippen LogP contribution in [-0.4, -0.2) is 27.5 Å². The third-order valence-electron chi connectivity index (χ3n) is 5.97. The van der Waals surface area contributed by atoms with Crippen molar-refractivity contribution in [2.45, 2.75) is 35.6 Å². The van der Waals surface area contributed by atoms with Crippen LogP contribution in [0, 0.1) is 5.82 Å². The molecule has 0 aliphatic carbocycles. The first-order valence-electron chi connectivity index (χ1n) is 9.42. The van der Waals surface area contributed by atoms with E-state index in [1.807, 2.05) is 0 Å². The number of halogens is 3. The van der Waals surface area contributed by atoms with Crippen LogP contribution in [0.5, 0.6) is 0 Å². The lowest BCUT2D eigenvalue weighted by Crippen LogP contribution is -2.51. The van der Waals surface area contributed by atoms with E-state index in [9.17, 15) is 12.8 Å². The Hall–Kier alpha value is -1.60. The third-order valence-corrected chi connectivity index (χ3v) is 8.51. The first-order chi connectivity index (χ1) is 13.8. The van der Waals surface area contributed by atoms with E-state index in [-0.39, 0.29) is 15.7 Å². The summed E-state index contributed by atoms with van der Waals surface area (Å²) >= 11 is 12.2. The topological polar surface area (TPSA) is 49.4 Å². The number of nitrogens with one attached hydrogen (secondary N) is 1. The fourth-order valence-corrected chi connectivity index (χ4v) is 7.21. The molecule has 4 rings (SSSR count).